The predicted octanol–water partition coefficient (Wildman–Crippen LogP) is 4.52. The van der Waals surface area contributed by atoms with E-state index in [1.54, 1.807) is 27.3 Å². The zero-order chi connectivity index (χ0) is 26.3. The first-order chi connectivity index (χ1) is 17.7. The molecule has 1 aliphatic rings. The average molecular weight is 499 g/mol. The number of carbonyl (C=O) groups is 1. The molecule has 7 nitrogen and oxygen atoms in total. The van der Waals surface area contributed by atoms with Gasteiger partial charge in [0.2, 0.25) is 0 Å². The van der Waals surface area contributed by atoms with Crippen LogP contribution in [0.2, 0.25) is 0 Å². The van der Waals surface area contributed by atoms with Crippen molar-refractivity contribution in [3.8, 4) is 11.5 Å². The summed E-state index contributed by atoms with van der Waals surface area (Å²) in [5.41, 5.74) is 2.83. The fourth-order valence-electron chi connectivity index (χ4n) is 5.19. The first-order valence-corrected chi connectivity index (χ1v) is 12.6. The molecule has 2 aromatic carbocycles. The lowest BCUT2D eigenvalue weighted by Gasteiger charge is -2.26. The third-order valence-electron chi connectivity index (χ3n) is 6.96. The molecule has 0 saturated heterocycles. The Labute approximate surface area is 214 Å². The van der Waals surface area contributed by atoms with Gasteiger partial charge < -0.3 is 19.0 Å². The van der Waals surface area contributed by atoms with Gasteiger partial charge in [0.15, 0.2) is 0 Å². The highest BCUT2D eigenvalue weighted by atomic mass is 16.5. The van der Waals surface area contributed by atoms with Crippen LogP contribution in [0.25, 0.3) is 10.9 Å². The van der Waals surface area contributed by atoms with E-state index in [1.807, 2.05) is 49.4 Å². The van der Waals surface area contributed by atoms with E-state index >= 15 is 0 Å². The number of esters is 1. The lowest BCUT2D eigenvalue weighted by molar-refractivity contribution is -0.135. The van der Waals surface area contributed by atoms with E-state index < -0.39 is 11.9 Å². The van der Waals surface area contributed by atoms with Gasteiger partial charge >= 0.3 is 5.97 Å². The number of carbonyl (C=O) groups excluding carboxylic acids is 1. The van der Waals surface area contributed by atoms with Crippen molar-refractivity contribution in [2.45, 2.75) is 52.6 Å². The van der Waals surface area contributed by atoms with Gasteiger partial charge in [-0.3, -0.25) is 14.4 Å². The molecule has 0 amide bonds. The Balaban J connectivity index is 1.64. The third-order valence-corrected chi connectivity index (χ3v) is 6.96. The van der Waals surface area contributed by atoms with E-state index in [0.717, 1.165) is 16.5 Å². The van der Waals surface area contributed by atoms with Gasteiger partial charge in [-0.25, -0.2) is 0 Å². The highest BCUT2D eigenvalue weighted by Crippen LogP contribution is 2.36. The molecule has 0 aliphatic carbocycles. The van der Waals surface area contributed by atoms with Gasteiger partial charge in [-0.15, -0.1) is 0 Å². The SMILES string of the molecule is Cc1cc2c(c(=O)n1CCc1ccc(O)cc1)[C@@H](c1cc3ccccc3n(CC(C)C)c1=O)CC(=O)O2. The molecule has 190 valence electrons. The Bertz CT molecular complexity index is 1610. The molecule has 4 aromatic rings. The molecular weight excluding hydrogens is 468 g/mol. The van der Waals surface area contributed by atoms with E-state index in [1.165, 1.54) is 0 Å². The number of rotatable bonds is 6. The number of fused-ring (bicyclic) bond motifs is 2. The topological polar surface area (TPSA) is 90.5 Å². The molecule has 0 bridgehead atoms. The number of aryl methyl sites for hydroxylation is 2. The number of nitrogens with zero attached hydrogens (tertiary/aromatic N) is 2. The smallest absolute Gasteiger partial charge is 0.312 e. The number of aromatic nitrogens is 2. The summed E-state index contributed by atoms with van der Waals surface area (Å²) in [5.74, 6) is -0.498. The Morgan fingerprint density at radius 2 is 1.70 bits per heavy atom. The molecule has 0 unspecified atom stereocenters. The second-order valence-corrected chi connectivity index (χ2v) is 10.1. The van der Waals surface area contributed by atoms with Crippen LogP contribution in [0, 0.1) is 12.8 Å². The zero-order valence-corrected chi connectivity index (χ0v) is 21.2. The van der Waals surface area contributed by atoms with E-state index in [4.69, 9.17) is 4.74 Å². The van der Waals surface area contributed by atoms with Crippen LogP contribution < -0.4 is 15.9 Å². The van der Waals surface area contributed by atoms with Gasteiger partial charge in [0, 0.05) is 36.3 Å². The highest BCUT2D eigenvalue weighted by Gasteiger charge is 2.34. The minimum atomic E-state index is -0.695. The van der Waals surface area contributed by atoms with Gasteiger partial charge in [-0.05, 0) is 54.5 Å². The summed E-state index contributed by atoms with van der Waals surface area (Å²) in [6, 6.07) is 18.1. The number of ether oxygens (including phenoxy) is 1. The van der Waals surface area contributed by atoms with Crippen molar-refractivity contribution in [2.75, 3.05) is 0 Å². The van der Waals surface area contributed by atoms with Crippen molar-refractivity contribution in [1.29, 1.82) is 0 Å². The van der Waals surface area contributed by atoms with Crippen molar-refractivity contribution in [3.05, 3.63) is 104 Å². The fraction of sp³-hybridized carbons (Fsp3) is 0.300. The van der Waals surface area contributed by atoms with E-state index in [0.29, 0.717) is 36.3 Å². The lowest BCUT2D eigenvalue weighted by atomic mass is 9.86. The second-order valence-electron chi connectivity index (χ2n) is 10.1. The van der Waals surface area contributed by atoms with E-state index in [2.05, 4.69) is 13.8 Å². The number of para-hydroxylation sites is 1. The molecule has 0 saturated carbocycles. The average Bonchev–Trinajstić information content (AvgIpc) is 2.85. The summed E-state index contributed by atoms with van der Waals surface area (Å²) < 4.78 is 8.94. The number of hydrogen-bond donors (Lipinski definition) is 1. The number of phenols is 1. The van der Waals surface area contributed by atoms with Crippen molar-refractivity contribution in [1.82, 2.24) is 9.13 Å². The maximum atomic E-state index is 13.9. The number of hydrogen-bond acceptors (Lipinski definition) is 5. The second kappa shape index (κ2) is 9.73. The maximum Gasteiger partial charge on any atom is 0.312 e. The summed E-state index contributed by atoms with van der Waals surface area (Å²) in [5, 5.41) is 10.4. The summed E-state index contributed by atoms with van der Waals surface area (Å²) >= 11 is 0. The van der Waals surface area contributed by atoms with Crippen LogP contribution in [0.15, 0.2) is 70.3 Å². The number of benzene rings is 2. The quantitative estimate of drug-likeness (QED) is 0.395. The Morgan fingerprint density at radius 1 is 0.973 bits per heavy atom. The Hall–Kier alpha value is -4.13. The normalized spacial score (nSPS) is 15.1. The third kappa shape index (κ3) is 4.69. The summed E-state index contributed by atoms with van der Waals surface area (Å²) in [4.78, 5) is 40.3. The first-order valence-electron chi connectivity index (χ1n) is 12.6. The van der Waals surface area contributed by atoms with Crippen LogP contribution >= 0.6 is 0 Å². The van der Waals surface area contributed by atoms with Crippen molar-refractivity contribution < 1.29 is 14.6 Å². The largest absolute Gasteiger partial charge is 0.508 e. The molecule has 2 aromatic heterocycles. The molecule has 1 N–H and O–H groups in total. The lowest BCUT2D eigenvalue weighted by Crippen LogP contribution is -2.36. The van der Waals surface area contributed by atoms with Crippen LogP contribution in [0.1, 0.15) is 48.6 Å². The number of phenolic OH excluding ortho intramolecular Hbond substituents is 1. The van der Waals surface area contributed by atoms with Crippen LogP contribution in [-0.2, 0) is 24.3 Å². The Kier molecular flexibility index (Phi) is 6.46. The molecule has 37 heavy (non-hydrogen) atoms. The molecule has 1 aliphatic heterocycles. The minimum absolute atomic E-state index is 0.0709. The standard InChI is InChI=1S/C30H30N2O5/c1-18(2)17-32-25-7-5-4-6-21(25)15-24(29(32)35)23-16-27(34)37-26-14-19(3)31(30(36)28(23)26)13-12-20-8-10-22(33)11-9-20/h4-11,14-15,18,23,33H,12-13,16-17H2,1-3H3/t23-/m1/s1. The van der Waals surface area contributed by atoms with Crippen molar-refractivity contribution >= 4 is 16.9 Å². The monoisotopic (exact) mass is 498 g/mol. The predicted molar refractivity (Wildman–Crippen MR) is 142 cm³/mol. The molecule has 3 heterocycles. The minimum Gasteiger partial charge on any atom is -0.508 e. The summed E-state index contributed by atoms with van der Waals surface area (Å²) in [6.45, 7) is 6.86. The van der Waals surface area contributed by atoms with Gasteiger partial charge in [-0.2, -0.15) is 0 Å². The van der Waals surface area contributed by atoms with Crippen molar-refractivity contribution in [2.24, 2.45) is 5.92 Å². The highest BCUT2D eigenvalue weighted by molar-refractivity contribution is 5.81. The molecule has 0 radical (unpaired) electrons. The van der Waals surface area contributed by atoms with Gasteiger partial charge in [0.05, 0.1) is 17.5 Å². The summed E-state index contributed by atoms with van der Waals surface area (Å²) in [6.07, 6.45) is 0.514. The van der Waals surface area contributed by atoms with Crippen molar-refractivity contribution in [3.63, 3.8) is 0 Å². The fourth-order valence-corrected chi connectivity index (χ4v) is 5.19. The molecular formula is C30H30N2O5. The molecule has 0 spiro atoms. The van der Waals surface area contributed by atoms with Gasteiger partial charge in [0.25, 0.3) is 11.1 Å². The number of aromatic hydroxyl groups is 1. The molecule has 5 rings (SSSR count). The van der Waals surface area contributed by atoms with E-state index in [9.17, 15) is 19.5 Å². The van der Waals surface area contributed by atoms with Crippen LogP contribution in [0.4, 0.5) is 0 Å². The van der Waals surface area contributed by atoms with Crippen LogP contribution in [0.5, 0.6) is 11.5 Å². The molecule has 1 atom stereocenters. The summed E-state index contributed by atoms with van der Waals surface area (Å²) in [7, 11) is 0. The molecule has 0 fully saturated rings. The first kappa shape index (κ1) is 24.6. The number of pyridine rings is 2. The van der Waals surface area contributed by atoms with Gasteiger partial charge in [-0.1, -0.05) is 44.2 Å². The Morgan fingerprint density at radius 3 is 2.43 bits per heavy atom. The zero-order valence-electron chi connectivity index (χ0n) is 21.2. The van der Waals surface area contributed by atoms with Gasteiger partial charge in [0.1, 0.15) is 11.5 Å². The van der Waals surface area contributed by atoms with Crippen LogP contribution in [-0.4, -0.2) is 20.2 Å². The van der Waals surface area contributed by atoms with E-state index in [-0.39, 0.29) is 35.0 Å². The van der Waals surface area contributed by atoms with Crippen LogP contribution in [0.3, 0.4) is 0 Å². The molecule has 7 heteroatoms. The maximum absolute atomic E-state index is 13.9.